The summed E-state index contributed by atoms with van der Waals surface area (Å²) in [7, 11) is 0. The molecule has 0 aromatic rings. The van der Waals surface area contributed by atoms with Gasteiger partial charge in [0.25, 0.3) is 0 Å². The third-order valence-corrected chi connectivity index (χ3v) is 1.51. The number of amides is 1. The van der Waals surface area contributed by atoms with Crippen molar-refractivity contribution in [1.82, 2.24) is 10.6 Å². The molecule has 0 saturated heterocycles. The van der Waals surface area contributed by atoms with Gasteiger partial charge in [0.2, 0.25) is 5.91 Å². The van der Waals surface area contributed by atoms with E-state index in [-0.39, 0.29) is 11.9 Å². The summed E-state index contributed by atoms with van der Waals surface area (Å²) in [6, 6.07) is -0.130. The first kappa shape index (κ1) is 11.2. The highest BCUT2D eigenvalue weighted by Gasteiger charge is 2.08. The quantitative estimate of drug-likeness (QED) is 0.575. The minimum Gasteiger partial charge on any atom is -0.355 e. The van der Waals surface area contributed by atoms with Gasteiger partial charge in [0, 0.05) is 13.1 Å². The Balaban J connectivity index is 3.53. The van der Waals surface area contributed by atoms with E-state index >= 15 is 0 Å². The van der Waals surface area contributed by atoms with Crippen molar-refractivity contribution in [3.63, 3.8) is 0 Å². The zero-order valence-electron chi connectivity index (χ0n) is 7.89. The fourth-order valence-electron chi connectivity index (χ4n) is 0.754. The molecule has 70 valence electrons. The van der Waals surface area contributed by atoms with Crippen LogP contribution in [0, 0.1) is 0 Å². The molecule has 0 aliphatic rings. The highest BCUT2D eigenvalue weighted by atomic mass is 16.2. The molecule has 0 spiro atoms. The van der Waals surface area contributed by atoms with E-state index < -0.39 is 0 Å². The normalized spacial score (nSPS) is 12.2. The van der Waals surface area contributed by atoms with E-state index in [0.29, 0.717) is 6.54 Å². The Morgan fingerprint density at radius 1 is 1.67 bits per heavy atom. The molecule has 0 aliphatic heterocycles. The molecule has 0 fully saturated rings. The van der Waals surface area contributed by atoms with E-state index in [1.165, 1.54) is 0 Å². The lowest BCUT2D eigenvalue weighted by Gasteiger charge is -2.11. The maximum atomic E-state index is 11.2. The lowest BCUT2D eigenvalue weighted by Crippen LogP contribution is -2.42. The van der Waals surface area contributed by atoms with Crippen LogP contribution in [0.1, 0.15) is 20.3 Å². The van der Waals surface area contributed by atoms with Gasteiger partial charge >= 0.3 is 0 Å². The molecule has 0 bridgehead atoms. The first-order valence-corrected chi connectivity index (χ1v) is 4.34. The molecule has 3 heteroatoms. The summed E-state index contributed by atoms with van der Waals surface area (Å²) in [6.45, 7) is 8.85. The maximum absolute atomic E-state index is 11.2. The minimum atomic E-state index is -0.130. The maximum Gasteiger partial charge on any atom is 0.236 e. The molecule has 0 aliphatic carbocycles. The number of nitrogens with one attached hydrogen (secondary N) is 2. The third-order valence-electron chi connectivity index (χ3n) is 1.51. The highest BCUT2D eigenvalue weighted by molar-refractivity contribution is 5.81. The van der Waals surface area contributed by atoms with Crippen molar-refractivity contribution in [3.05, 3.63) is 12.7 Å². The lowest BCUT2D eigenvalue weighted by molar-refractivity contribution is -0.122. The van der Waals surface area contributed by atoms with Crippen molar-refractivity contribution in [2.45, 2.75) is 26.3 Å². The van der Waals surface area contributed by atoms with Crippen LogP contribution in [0.2, 0.25) is 0 Å². The zero-order valence-corrected chi connectivity index (χ0v) is 7.89. The van der Waals surface area contributed by atoms with Gasteiger partial charge in [-0.3, -0.25) is 4.79 Å². The average molecular weight is 170 g/mol. The van der Waals surface area contributed by atoms with Gasteiger partial charge in [-0.25, -0.2) is 0 Å². The predicted octanol–water partition coefficient (Wildman–Crippen LogP) is 0.677. The van der Waals surface area contributed by atoms with Crippen molar-refractivity contribution >= 4 is 5.91 Å². The third kappa shape index (κ3) is 4.91. The van der Waals surface area contributed by atoms with Gasteiger partial charge in [0.05, 0.1) is 6.04 Å². The molecule has 1 amide bonds. The summed E-state index contributed by atoms with van der Waals surface area (Å²) in [4.78, 5) is 11.2. The fourth-order valence-corrected chi connectivity index (χ4v) is 0.754. The molecule has 12 heavy (non-hydrogen) atoms. The molecule has 0 saturated carbocycles. The molecular weight excluding hydrogens is 152 g/mol. The molecule has 0 rings (SSSR count). The van der Waals surface area contributed by atoms with Crippen LogP contribution in [-0.2, 0) is 4.79 Å². The first-order chi connectivity index (χ1) is 5.72. The number of hydrogen-bond acceptors (Lipinski definition) is 2. The van der Waals surface area contributed by atoms with Crippen LogP contribution in [0.3, 0.4) is 0 Å². The Kier molecular flexibility index (Phi) is 6.38. The summed E-state index contributed by atoms with van der Waals surface area (Å²) in [5, 5.41) is 5.82. The van der Waals surface area contributed by atoms with Crippen LogP contribution in [0.15, 0.2) is 12.7 Å². The van der Waals surface area contributed by atoms with E-state index in [2.05, 4.69) is 17.2 Å². The van der Waals surface area contributed by atoms with Gasteiger partial charge in [-0.05, 0) is 13.3 Å². The van der Waals surface area contributed by atoms with Gasteiger partial charge in [0.15, 0.2) is 0 Å². The Labute approximate surface area is 74.2 Å². The molecule has 0 aromatic carbocycles. The van der Waals surface area contributed by atoms with Crippen molar-refractivity contribution in [3.8, 4) is 0 Å². The van der Waals surface area contributed by atoms with Crippen molar-refractivity contribution in [2.24, 2.45) is 0 Å². The van der Waals surface area contributed by atoms with E-state index in [1.807, 2.05) is 13.8 Å². The van der Waals surface area contributed by atoms with Crippen molar-refractivity contribution in [2.75, 3.05) is 13.1 Å². The molecule has 1 unspecified atom stereocenters. The van der Waals surface area contributed by atoms with Gasteiger partial charge in [0.1, 0.15) is 0 Å². The van der Waals surface area contributed by atoms with Gasteiger partial charge in [-0.1, -0.05) is 13.0 Å². The summed E-state index contributed by atoms with van der Waals surface area (Å²) in [6.07, 6.45) is 2.71. The van der Waals surface area contributed by atoms with E-state index in [1.54, 1.807) is 6.08 Å². The minimum absolute atomic E-state index is 0.0544. The number of rotatable bonds is 6. The van der Waals surface area contributed by atoms with Crippen molar-refractivity contribution in [1.29, 1.82) is 0 Å². The van der Waals surface area contributed by atoms with Crippen molar-refractivity contribution < 1.29 is 4.79 Å². The highest BCUT2D eigenvalue weighted by Crippen LogP contribution is 1.81. The van der Waals surface area contributed by atoms with Crippen LogP contribution >= 0.6 is 0 Å². The number of hydrogen-bond donors (Lipinski definition) is 2. The molecule has 0 radical (unpaired) electrons. The Morgan fingerprint density at radius 3 is 2.83 bits per heavy atom. The topological polar surface area (TPSA) is 41.1 Å². The van der Waals surface area contributed by atoms with Crippen LogP contribution in [0.4, 0.5) is 0 Å². The van der Waals surface area contributed by atoms with Crippen LogP contribution < -0.4 is 10.6 Å². The summed E-state index contributed by atoms with van der Waals surface area (Å²) in [5.74, 6) is 0.0544. The molecule has 0 aromatic heterocycles. The summed E-state index contributed by atoms with van der Waals surface area (Å²) in [5.41, 5.74) is 0. The zero-order chi connectivity index (χ0) is 9.40. The largest absolute Gasteiger partial charge is 0.355 e. The predicted molar refractivity (Wildman–Crippen MR) is 51.0 cm³/mol. The fraction of sp³-hybridized carbons (Fsp3) is 0.667. The summed E-state index contributed by atoms with van der Waals surface area (Å²) < 4.78 is 0. The molecule has 2 N–H and O–H groups in total. The van der Waals surface area contributed by atoms with Crippen LogP contribution in [-0.4, -0.2) is 25.0 Å². The van der Waals surface area contributed by atoms with E-state index in [9.17, 15) is 4.79 Å². The average Bonchev–Trinajstić information content (AvgIpc) is 2.10. The smallest absolute Gasteiger partial charge is 0.236 e. The Morgan fingerprint density at radius 2 is 2.33 bits per heavy atom. The second kappa shape index (κ2) is 6.85. The van der Waals surface area contributed by atoms with Crippen LogP contribution in [0.25, 0.3) is 0 Å². The lowest BCUT2D eigenvalue weighted by atomic mass is 10.3. The number of carbonyl (C=O) groups excluding carboxylic acids is 1. The second-order valence-corrected chi connectivity index (χ2v) is 2.71. The SMILES string of the molecule is C=CCNC(C)C(=O)NCCC. The molecular formula is C9H18N2O. The molecule has 3 nitrogen and oxygen atoms in total. The van der Waals surface area contributed by atoms with Crippen LogP contribution in [0.5, 0.6) is 0 Å². The van der Waals surface area contributed by atoms with Gasteiger partial charge < -0.3 is 10.6 Å². The van der Waals surface area contributed by atoms with Gasteiger partial charge in [-0.15, -0.1) is 6.58 Å². The number of carbonyl (C=O) groups is 1. The van der Waals surface area contributed by atoms with Gasteiger partial charge in [-0.2, -0.15) is 0 Å². The first-order valence-electron chi connectivity index (χ1n) is 4.34. The molecule has 1 atom stereocenters. The standard InChI is InChI=1S/C9H18N2O/c1-4-6-10-8(3)9(12)11-7-5-2/h4,8,10H,1,5-7H2,2-3H3,(H,11,12). The molecule has 0 heterocycles. The second-order valence-electron chi connectivity index (χ2n) is 2.71. The Hall–Kier alpha value is -0.830. The van der Waals surface area contributed by atoms with E-state index in [4.69, 9.17) is 0 Å². The van der Waals surface area contributed by atoms with E-state index in [0.717, 1.165) is 13.0 Å². The Bertz CT molecular complexity index is 145. The summed E-state index contributed by atoms with van der Waals surface area (Å²) >= 11 is 0. The monoisotopic (exact) mass is 170 g/mol.